The monoisotopic (exact) mass is 459 g/mol. The fourth-order valence-corrected chi connectivity index (χ4v) is 5.49. The number of nitrogens with zero attached hydrogens (tertiary/aromatic N) is 4. The summed E-state index contributed by atoms with van der Waals surface area (Å²) in [5.74, 6) is 0.667. The number of furan rings is 1. The lowest BCUT2D eigenvalue weighted by Crippen LogP contribution is -2.35. The smallest absolute Gasteiger partial charge is 0.243 e. The second kappa shape index (κ2) is 9.16. The number of nitrogen functional groups attached to an aromatic ring is 1. The van der Waals surface area contributed by atoms with Gasteiger partial charge in [0.15, 0.2) is 16.7 Å². The van der Waals surface area contributed by atoms with Crippen LogP contribution < -0.4 is 5.73 Å². The number of nitrogens with two attached hydrogens (primary N) is 1. The van der Waals surface area contributed by atoms with Crippen LogP contribution in [0.2, 0.25) is 0 Å². The van der Waals surface area contributed by atoms with Gasteiger partial charge in [0.1, 0.15) is 0 Å². The Morgan fingerprint density at radius 3 is 2.48 bits per heavy atom. The Morgan fingerprint density at radius 1 is 1.06 bits per heavy atom. The highest BCUT2D eigenvalue weighted by Gasteiger charge is 2.26. The van der Waals surface area contributed by atoms with E-state index >= 15 is 0 Å². The first-order valence-corrected chi connectivity index (χ1v) is 12.2. The van der Waals surface area contributed by atoms with E-state index in [0.29, 0.717) is 35.4 Å². The molecule has 0 amide bonds. The van der Waals surface area contributed by atoms with E-state index < -0.39 is 10.0 Å². The van der Waals surface area contributed by atoms with Crippen LogP contribution in [-0.4, -0.2) is 52.3 Å². The highest BCUT2D eigenvalue weighted by molar-refractivity contribution is 7.99. The highest BCUT2D eigenvalue weighted by Crippen LogP contribution is 2.23. The Kier molecular flexibility index (Phi) is 6.35. The quantitative estimate of drug-likeness (QED) is 0.418. The number of sulfonamides is 1. The molecule has 3 aromatic rings. The molecule has 31 heavy (non-hydrogen) atoms. The molecule has 0 radical (unpaired) electrons. The molecule has 9 nitrogen and oxygen atoms in total. The predicted octanol–water partition coefficient (Wildman–Crippen LogP) is 2.86. The number of carbonyl (C=O) groups excluding carboxylic acids is 1. The SMILES string of the molecule is Nc1nc(SCC(=O)c2ccc(S(=O)(=O)N3CCCCC3)cc2)nc(-c2ccco2)n1. The van der Waals surface area contributed by atoms with Gasteiger partial charge in [0, 0.05) is 18.7 Å². The summed E-state index contributed by atoms with van der Waals surface area (Å²) in [5, 5.41) is 0.302. The van der Waals surface area contributed by atoms with Crippen molar-refractivity contribution in [3.05, 3.63) is 48.2 Å². The van der Waals surface area contributed by atoms with Gasteiger partial charge in [0.25, 0.3) is 0 Å². The molecular weight excluding hydrogens is 438 g/mol. The van der Waals surface area contributed by atoms with Crippen molar-refractivity contribution in [3.63, 3.8) is 0 Å². The minimum atomic E-state index is -3.52. The Balaban J connectivity index is 1.43. The number of thioether (sulfide) groups is 1. The first-order chi connectivity index (χ1) is 14.9. The van der Waals surface area contributed by atoms with Crippen molar-refractivity contribution >= 4 is 33.5 Å². The van der Waals surface area contributed by atoms with E-state index in [1.54, 1.807) is 12.1 Å². The van der Waals surface area contributed by atoms with Gasteiger partial charge < -0.3 is 10.2 Å². The average Bonchev–Trinajstić information content (AvgIpc) is 3.33. The number of rotatable bonds is 7. The molecule has 0 bridgehead atoms. The zero-order chi connectivity index (χ0) is 21.8. The summed E-state index contributed by atoms with van der Waals surface area (Å²) in [4.78, 5) is 25.1. The van der Waals surface area contributed by atoms with Crippen LogP contribution in [0.3, 0.4) is 0 Å². The summed E-state index contributed by atoms with van der Waals surface area (Å²) >= 11 is 1.12. The zero-order valence-electron chi connectivity index (χ0n) is 16.6. The lowest BCUT2D eigenvalue weighted by Gasteiger charge is -2.25. The molecule has 162 valence electrons. The number of hydrogen-bond acceptors (Lipinski definition) is 9. The lowest BCUT2D eigenvalue weighted by atomic mass is 10.1. The number of piperidine rings is 1. The van der Waals surface area contributed by atoms with E-state index in [4.69, 9.17) is 10.2 Å². The molecule has 0 aliphatic carbocycles. The van der Waals surface area contributed by atoms with Gasteiger partial charge in [-0.3, -0.25) is 4.79 Å². The van der Waals surface area contributed by atoms with E-state index in [-0.39, 0.29) is 22.4 Å². The molecule has 0 spiro atoms. The largest absolute Gasteiger partial charge is 0.461 e. The van der Waals surface area contributed by atoms with Crippen molar-refractivity contribution in [2.75, 3.05) is 24.6 Å². The van der Waals surface area contributed by atoms with Crippen LogP contribution in [0.1, 0.15) is 29.6 Å². The zero-order valence-corrected chi connectivity index (χ0v) is 18.2. The predicted molar refractivity (Wildman–Crippen MR) is 116 cm³/mol. The molecule has 2 aromatic heterocycles. The maximum atomic E-state index is 12.7. The van der Waals surface area contributed by atoms with Crippen LogP contribution in [0, 0.1) is 0 Å². The van der Waals surface area contributed by atoms with Crippen LogP contribution >= 0.6 is 11.8 Å². The maximum absolute atomic E-state index is 12.7. The number of Topliss-reactive ketones (excluding diaryl/α,β-unsaturated/α-hetero) is 1. The van der Waals surface area contributed by atoms with Crippen molar-refractivity contribution in [1.29, 1.82) is 0 Å². The molecule has 0 atom stereocenters. The number of aromatic nitrogens is 3. The van der Waals surface area contributed by atoms with Crippen LogP contribution in [0.4, 0.5) is 5.95 Å². The van der Waals surface area contributed by atoms with Gasteiger partial charge in [-0.1, -0.05) is 30.3 Å². The summed E-state index contributed by atoms with van der Waals surface area (Å²) in [6.45, 7) is 1.07. The van der Waals surface area contributed by atoms with Crippen LogP contribution in [-0.2, 0) is 10.0 Å². The summed E-state index contributed by atoms with van der Waals surface area (Å²) in [6, 6.07) is 9.45. The van der Waals surface area contributed by atoms with E-state index in [1.165, 1.54) is 34.8 Å². The minimum Gasteiger partial charge on any atom is -0.461 e. The molecule has 0 unspecified atom stereocenters. The topological polar surface area (TPSA) is 132 Å². The molecule has 1 aromatic carbocycles. The Bertz CT molecular complexity index is 1160. The molecule has 2 N–H and O–H groups in total. The summed E-state index contributed by atoms with van der Waals surface area (Å²) in [5.41, 5.74) is 6.15. The number of anilines is 1. The third-order valence-corrected chi connectivity index (χ3v) is 7.60. The van der Waals surface area contributed by atoms with Gasteiger partial charge in [-0.15, -0.1) is 0 Å². The fraction of sp³-hybridized carbons (Fsp3) is 0.300. The first-order valence-electron chi connectivity index (χ1n) is 9.75. The molecule has 4 rings (SSSR count). The van der Waals surface area contributed by atoms with Crippen molar-refractivity contribution < 1.29 is 17.6 Å². The molecule has 1 aliphatic heterocycles. The van der Waals surface area contributed by atoms with E-state index in [9.17, 15) is 13.2 Å². The Hall–Kier alpha value is -2.76. The van der Waals surface area contributed by atoms with Crippen molar-refractivity contribution in [1.82, 2.24) is 19.3 Å². The third-order valence-electron chi connectivity index (χ3n) is 4.84. The first kappa shape index (κ1) is 21.5. The van der Waals surface area contributed by atoms with Gasteiger partial charge >= 0.3 is 0 Å². The van der Waals surface area contributed by atoms with Crippen molar-refractivity contribution in [2.45, 2.75) is 29.3 Å². The number of ketones is 1. The molecule has 1 fully saturated rings. The van der Waals surface area contributed by atoms with Crippen LogP contribution in [0.5, 0.6) is 0 Å². The molecule has 1 aliphatic rings. The van der Waals surface area contributed by atoms with Gasteiger partial charge in [-0.25, -0.2) is 8.42 Å². The Labute approximate surface area is 184 Å². The summed E-state index contributed by atoms with van der Waals surface area (Å²) < 4.78 is 32.2. The molecule has 11 heteroatoms. The number of hydrogen-bond donors (Lipinski definition) is 1. The van der Waals surface area contributed by atoms with E-state index in [2.05, 4.69) is 15.0 Å². The van der Waals surface area contributed by atoms with Gasteiger partial charge in [0.05, 0.1) is 16.9 Å². The van der Waals surface area contributed by atoms with Crippen LogP contribution in [0.25, 0.3) is 11.6 Å². The standard InChI is InChI=1S/C20H21N5O4S2/c21-19-22-18(17-5-4-12-29-17)23-20(24-19)30-13-16(26)14-6-8-15(9-7-14)31(27,28)25-10-2-1-3-11-25/h4-9,12H,1-3,10-11,13H2,(H2,21,22,23,24). The fourth-order valence-electron chi connectivity index (χ4n) is 3.23. The molecule has 0 saturated carbocycles. The van der Waals surface area contributed by atoms with E-state index in [0.717, 1.165) is 31.0 Å². The lowest BCUT2D eigenvalue weighted by molar-refractivity contribution is 0.102. The van der Waals surface area contributed by atoms with Crippen molar-refractivity contribution in [2.24, 2.45) is 0 Å². The van der Waals surface area contributed by atoms with Crippen molar-refractivity contribution in [3.8, 4) is 11.6 Å². The second-order valence-electron chi connectivity index (χ2n) is 6.98. The summed E-state index contributed by atoms with van der Waals surface area (Å²) in [7, 11) is -3.52. The van der Waals surface area contributed by atoms with Gasteiger partial charge in [0.2, 0.25) is 21.8 Å². The maximum Gasteiger partial charge on any atom is 0.243 e. The third kappa shape index (κ3) is 4.94. The average molecular weight is 460 g/mol. The number of carbonyl (C=O) groups is 1. The number of benzene rings is 1. The molecular formula is C20H21N5O4S2. The van der Waals surface area contributed by atoms with Gasteiger partial charge in [-0.2, -0.15) is 19.3 Å². The van der Waals surface area contributed by atoms with Gasteiger partial charge in [-0.05, 0) is 37.1 Å². The second-order valence-corrected chi connectivity index (χ2v) is 9.86. The highest BCUT2D eigenvalue weighted by atomic mass is 32.2. The normalized spacial score (nSPS) is 15.1. The molecule has 3 heterocycles. The van der Waals surface area contributed by atoms with Crippen LogP contribution in [0.15, 0.2) is 57.1 Å². The minimum absolute atomic E-state index is 0.0311. The summed E-state index contributed by atoms with van der Waals surface area (Å²) in [6.07, 6.45) is 4.29. The van der Waals surface area contributed by atoms with E-state index in [1.807, 2.05) is 0 Å². The Morgan fingerprint density at radius 2 is 1.81 bits per heavy atom. The molecule has 1 saturated heterocycles.